The van der Waals surface area contributed by atoms with Gasteiger partial charge in [-0.15, -0.1) is 0 Å². The second-order valence-corrected chi connectivity index (χ2v) is 8.13. The van der Waals surface area contributed by atoms with Crippen molar-refractivity contribution < 1.29 is 18.0 Å². The standard InChI is InChI=1S/C21H19ClF3N3S.C3H4O/c1-13-9-20(19(27-12-13)10-14-3-5-15(26-2)6-4-14)28-29-16-7-8-18(22)17(11-16)21(23,24)25;1-2-3-4/h3-9,11-12,26,28H,10H2,1-2H3;2-3H,1H2. The predicted octanol–water partition coefficient (Wildman–Crippen LogP) is 7.19. The molecule has 0 atom stereocenters. The summed E-state index contributed by atoms with van der Waals surface area (Å²) in [6.45, 7) is 5.03. The van der Waals surface area contributed by atoms with E-state index in [1.807, 2.05) is 44.3 Å². The van der Waals surface area contributed by atoms with Crippen LogP contribution in [0, 0.1) is 6.92 Å². The van der Waals surface area contributed by atoms with E-state index in [4.69, 9.17) is 16.4 Å². The van der Waals surface area contributed by atoms with Crippen molar-refractivity contribution >= 4 is 41.2 Å². The van der Waals surface area contributed by atoms with Crippen LogP contribution in [-0.4, -0.2) is 18.3 Å². The topological polar surface area (TPSA) is 54.0 Å². The van der Waals surface area contributed by atoms with E-state index < -0.39 is 11.7 Å². The van der Waals surface area contributed by atoms with Gasteiger partial charge >= 0.3 is 6.18 Å². The Morgan fingerprint density at radius 1 is 1.15 bits per heavy atom. The van der Waals surface area contributed by atoms with E-state index in [-0.39, 0.29) is 5.02 Å². The number of aromatic nitrogens is 1. The molecule has 0 aliphatic rings. The molecule has 9 heteroatoms. The molecule has 1 aromatic heterocycles. The van der Waals surface area contributed by atoms with Gasteiger partial charge in [0.25, 0.3) is 0 Å². The quantitative estimate of drug-likeness (QED) is 0.207. The minimum atomic E-state index is -4.50. The number of allylic oxidation sites excluding steroid dienone is 1. The van der Waals surface area contributed by atoms with Crippen molar-refractivity contribution in [1.29, 1.82) is 0 Å². The summed E-state index contributed by atoms with van der Waals surface area (Å²) in [7, 11) is 1.86. The Morgan fingerprint density at radius 3 is 2.39 bits per heavy atom. The molecule has 2 N–H and O–H groups in total. The number of hydrogen-bond acceptors (Lipinski definition) is 5. The van der Waals surface area contributed by atoms with Crippen LogP contribution in [0.5, 0.6) is 0 Å². The van der Waals surface area contributed by atoms with Crippen molar-refractivity contribution in [2.24, 2.45) is 0 Å². The molecule has 174 valence electrons. The van der Waals surface area contributed by atoms with Crippen LogP contribution in [0.15, 0.2) is 72.3 Å². The number of benzene rings is 2. The van der Waals surface area contributed by atoms with Crippen LogP contribution >= 0.6 is 23.5 Å². The van der Waals surface area contributed by atoms with E-state index in [0.29, 0.717) is 17.6 Å². The van der Waals surface area contributed by atoms with E-state index in [1.165, 1.54) is 12.1 Å². The Labute approximate surface area is 200 Å². The molecule has 3 rings (SSSR count). The molecule has 3 aromatic rings. The molecule has 2 aromatic carbocycles. The number of nitrogens with one attached hydrogen (secondary N) is 2. The van der Waals surface area contributed by atoms with Gasteiger partial charge in [0.2, 0.25) is 0 Å². The van der Waals surface area contributed by atoms with E-state index in [0.717, 1.165) is 46.2 Å². The maximum absolute atomic E-state index is 13.1. The molecule has 0 bridgehead atoms. The van der Waals surface area contributed by atoms with Crippen molar-refractivity contribution in [3.05, 3.63) is 94.8 Å². The van der Waals surface area contributed by atoms with Crippen molar-refractivity contribution in [3.63, 3.8) is 0 Å². The highest BCUT2D eigenvalue weighted by atomic mass is 35.5. The third-order valence-electron chi connectivity index (χ3n) is 4.34. The summed E-state index contributed by atoms with van der Waals surface area (Å²) in [4.78, 5) is 14.0. The van der Waals surface area contributed by atoms with Gasteiger partial charge in [-0.25, -0.2) is 0 Å². The minimum Gasteiger partial charge on any atom is -0.388 e. The van der Waals surface area contributed by atoms with Crippen LogP contribution in [0.3, 0.4) is 0 Å². The zero-order valence-electron chi connectivity index (χ0n) is 18.0. The first kappa shape index (κ1) is 26.3. The normalized spacial score (nSPS) is 10.6. The monoisotopic (exact) mass is 493 g/mol. The summed E-state index contributed by atoms with van der Waals surface area (Å²) in [5.74, 6) is 0. The molecule has 0 spiro atoms. The molecule has 0 radical (unpaired) electrons. The average molecular weight is 494 g/mol. The smallest absolute Gasteiger partial charge is 0.388 e. The van der Waals surface area contributed by atoms with E-state index >= 15 is 0 Å². The fourth-order valence-corrected chi connectivity index (χ4v) is 3.65. The lowest BCUT2D eigenvalue weighted by atomic mass is 10.1. The van der Waals surface area contributed by atoms with Crippen LogP contribution in [-0.2, 0) is 17.4 Å². The van der Waals surface area contributed by atoms with Crippen LogP contribution in [0.25, 0.3) is 0 Å². The van der Waals surface area contributed by atoms with Gasteiger partial charge in [-0.1, -0.05) is 30.3 Å². The van der Waals surface area contributed by atoms with Crippen molar-refractivity contribution in [2.75, 3.05) is 17.1 Å². The van der Waals surface area contributed by atoms with Gasteiger partial charge in [0, 0.05) is 30.2 Å². The summed E-state index contributed by atoms with van der Waals surface area (Å²) in [6.07, 6.45) is -0.290. The molecular weight excluding hydrogens is 471 g/mol. The molecule has 33 heavy (non-hydrogen) atoms. The van der Waals surface area contributed by atoms with Gasteiger partial charge < -0.3 is 10.0 Å². The molecule has 0 amide bonds. The van der Waals surface area contributed by atoms with Crippen LogP contribution in [0.4, 0.5) is 24.5 Å². The highest BCUT2D eigenvalue weighted by Gasteiger charge is 2.33. The molecule has 0 fully saturated rings. The second kappa shape index (κ2) is 12.3. The number of aryl methyl sites for hydroxylation is 1. The lowest BCUT2D eigenvalue weighted by Crippen LogP contribution is -2.06. The molecule has 0 saturated carbocycles. The maximum atomic E-state index is 13.1. The number of alkyl halides is 3. The number of carbonyl (C=O) groups excluding carboxylic acids is 1. The number of hydrogen-bond donors (Lipinski definition) is 2. The van der Waals surface area contributed by atoms with Gasteiger partial charge in [-0.05, 0) is 72.5 Å². The number of anilines is 2. The van der Waals surface area contributed by atoms with Crippen LogP contribution < -0.4 is 10.0 Å². The van der Waals surface area contributed by atoms with Gasteiger partial charge in [0.15, 0.2) is 0 Å². The molecule has 4 nitrogen and oxygen atoms in total. The fraction of sp³-hybridized carbons (Fsp3) is 0.167. The largest absolute Gasteiger partial charge is 0.417 e. The number of pyridine rings is 1. The summed E-state index contributed by atoms with van der Waals surface area (Å²) in [5.41, 5.74) is 3.77. The van der Waals surface area contributed by atoms with Gasteiger partial charge in [0.05, 0.1) is 22.0 Å². The van der Waals surface area contributed by atoms with Gasteiger partial charge in [-0.2, -0.15) is 13.2 Å². The summed E-state index contributed by atoms with van der Waals surface area (Å²) < 4.78 is 42.4. The summed E-state index contributed by atoms with van der Waals surface area (Å²) in [6, 6.07) is 13.8. The van der Waals surface area contributed by atoms with E-state index in [1.54, 1.807) is 12.3 Å². The zero-order chi connectivity index (χ0) is 24.4. The van der Waals surface area contributed by atoms with Crippen LogP contribution in [0.1, 0.15) is 22.4 Å². The predicted molar refractivity (Wildman–Crippen MR) is 130 cm³/mol. The first-order valence-electron chi connectivity index (χ1n) is 9.76. The number of nitrogens with zero attached hydrogens (tertiary/aromatic N) is 1. The molecule has 0 aliphatic heterocycles. The number of carbonyl (C=O) groups is 1. The van der Waals surface area contributed by atoms with E-state index in [2.05, 4.69) is 21.6 Å². The molecule has 0 aliphatic carbocycles. The molecule has 0 unspecified atom stereocenters. The first-order valence-corrected chi connectivity index (χ1v) is 11.0. The van der Waals surface area contributed by atoms with Crippen molar-refractivity contribution in [3.8, 4) is 0 Å². The number of rotatable bonds is 7. The lowest BCUT2D eigenvalue weighted by Gasteiger charge is -2.14. The highest BCUT2D eigenvalue weighted by molar-refractivity contribution is 8.00. The van der Waals surface area contributed by atoms with Gasteiger partial charge in [-0.3, -0.25) is 9.78 Å². The molecule has 0 saturated heterocycles. The molecule has 1 heterocycles. The average Bonchev–Trinajstić information content (AvgIpc) is 2.80. The minimum absolute atomic E-state index is 0.315. The second-order valence-electron chi connectivity index (χ2n) is 6.85. The van der Waals surface area contributed by atoms with Crippen molar-refractivity contribution in [2.45, 2.75) is 24.4 Å². The Hall–Kier alpha value is -2.97. The van der Waals surface area contributed by atoms with Crippen molar-refractivity contribution in [1.82, 2.24) is 4.98 Å². The first-order chi connectivity index (χ1) is 15.7. The molecular formula is C24H23ClF3N3OS. The summed E-state index contributed by atoms with van der Waals surface area (Å²) >= 11 is 6.79. The SMILES string of the molecule is C=CC=O.CNc1ccc(Cc2ncc(C)cc2NSc2ccc(Cl)c(C(F)(F)F)c2)cc1. The fourth-order valence-electron chi connectivity index (χ4n) is 2.71. The highest BCUT2D eigenvalue weighted by Crippen LogP contribution is 2.37. The number of halogens is 4. The third kappa shape index (κ3) is 8.14. The summed E-state index contributed by atoms with van der Waals surface area (Å²) in [5, 5.41) is 2.76. The van der Waals surface area contributed by atoms with Gasteiger partial charge in [0.1, 0.15) is 6.29 Å². The lowest BCUT2D eigenvalue weighted by molar-refractivity contribution is -0.137. The Morgan fingerprint density at radius 2 is 1.82 bits per heavy atom. The third-order valence-corrected chi connectivity index (χ3v) is 5.48. The van der Waals surface area contributed by atoms with E-state index in [9.17, 15) is 13.2 Å². The maximum Gasteiger partial charge on any atom is 0.417 e. The Balaban J connectivity index is 0.000000890. The Kier molecular flexibility index (Phi) is 9.81. The number of aldehydes is 1. The Bertz CT molecular complexity index is 1080. The zero-order valence-corrected chi connectivity index (χ0v) is 19.6. The van der Waals surface area contributed by atoms with Crippen LogP contribution in [0.2, 0.25) is 5.02 Å².